The minimum absolute atomic E-state index is 0. The first-order chi connectivity index (χ1) is 25.0. The predicted octanol–water partition coefficient (Wildman–Crippen LogP) is 14.2. The highest BCUT2D eigenvalue weighted by Crippen LogP contribution is 2.31. The van der Waals surface area contributed by atoms with Crippen molar-refractivity contribution in [3.63, 3.8) is 0 Å². The third-order valence-electron chi connectivity index (χ3n) is 9.05. The quantitative estimate of drug-likeness (QED) is 0.0592. The Labute approximate surface area is 380 Å². The van der Waals surface area contributed by atoms with E-state index in [-0.39, 0.29) is 36.4 Å². The van der Waals surface area contributed by atoms with E-state index in [0.717, 1.165) is 63.0 Å². The summed E-state index contributed by atoms with van der Waals surface area (Å²) in [5, 5.41) is 8.87. The summed E-state index contributed by atoms with van der Waals surface area (Å²) in [5.41, 5.74) is 2.37. The van der Waals surface area contributed by atoms with Crippen LogP contribution < -0.4 is 14.2 Å². The van der Waals surface area contributed by atoms with E-state index in [9.17, 15) is 17.6 Å². The molecule has 0 radical (unpaired) electrons. The standard InChI is InChI=1S/C19H22F2I2O2Si.C13H19ClFIOSi.C6H4FIO.CH4/c1-4-26(5-2,11-24-18-7-6-14(20)9-16(18)22)12-25-19-13(3)8-15(21)10-17(19)23;1-4-18(5-2,8-14)9-17-13-10(3)6-11(15)7-12(13)16;7-4-1-2-6(9)5(8)3-4;/h6-10H,4-5,11-12H2,1-3H3;6-7H,4-5,8-9H2,1-3H3;1-3,9H;1H4. The summed E-state index contributed by atoms with van der Waals surface area (Å²) in [6, 6.07) is 18.6. The highest BCUT2D eigenvalue weighted by molar-refractivity contribution is 14.1. The fourth-order valence-electron chi connectivity index (χ4n) is 4.88. The van der Waals surface area contributed by atoms with Crippen molar-refractivity contribution >= 4 is 118 Å². The van der Waals surface area contributed by atoms with Crippen molar-refractivity contribution in [2.75, 3.05) is 24.2 Å². The van der Waals surface area contributed by atoms with Crippen LogP contribution in [-0.4, -0.2) is 45.4 Å². The Balaban J connectivity index is 0.000000449. The van der Waals surface area contributed by atoms with E-state index in [2.05, 4.69) is 95.5 Å². The van der Waals surface area contributed by atoms with E-state index in [1.807, 2.05) is 36.4 Å². The van der Waals surface area contributed by atoms with Gasteiger partial charge in [-0.05, 0) is 176 Å². The van der Waals surface area contributed by atoms with Crippen molar-refractivity contribution < 1.29 is 36.9 Å². The van der Waals surface area contributed by atoms with E-state index in [1.165, 1.54) is 54.6 Å². The molecule has 1 N–H and O–H groups in total. The van der Waals surface area contributed by atoms with Gasteiger partial charge in [0.15, 0.2) is 0 Å². The number of aromatic hydroxyl groups is 1. The van der Waals surface area contributed by atoms with Gasteiger partial charge in [-0.3, -0.25) is 0 Å². The molecule has 0 aromatic heterocycles. The summed E-state index contributed by atoms with van der Waals surface area (Å²) in [4.78, 5) is 0. The topological polar surface area (TPSA) is 47.9 Å². The first-order valence-corrected chi connectivity index (χ1v) is 27.4. The molecule has 0 atom stereocenters. The lowest BCUT2D eigenvalue weighted by Gasteiger charge is -2.29. The van der Waals surface area contributed by atoms with Crippen LogP contribution in [-0.2, 0) is 0 Å². The van der Waals surface area contributed by atoms with Gasteiger partial charge in [-0.15, -0.1) is 11.6 Å². The molecule has 4 aromatic rings. The number of halogens is 9. The van der Waals surface area contributed by atoms with Gasteiger partial charge in [0.2, 0.25) is 0 Å². The van der Waals surface area contributed by atoms with Crippen LogP contribution in [0.15, 0.2) is 60.7 Å². The molecule has 0 aliphatic carbocycles. The number of phenols is 1. The molecule has 0 saturated heterocycles. The summed E-state index contributed by atoms with van der Waals surface area (Å²) in [5.74, 6) is 1.34. The van der Waals surface area contributed by atoms with E-state index in [0.29, 0.717) is 28.0 Å². The monoisotopic (exact) mass is 1260 g/mol. The number of alkyl halides is 1. The Morgan fingerprint density at radius 1 is 0.556 bits per heavy atom. The molecule has 0 spiro atoms. The molecule has 4 aromatic carbocycles. The van der Waals surface area contributed by atoms with E-state index >= 15 is 0 Å². The van der Waals surface area contributed by atoms with Crippen molar-refractivity contribution in [2.45, 2.75) is 73.1 Å². The Bertz CT molecular complexity index is 1730. The number of benzene rings is 4. The van der Waals surface area contributed by atoms with Gasteiger partial charge in [0.25, 0.3) is 0 Å². The van der Waals surface area contributed by atoms with Crippen molar-refractivity contribution in [1.82, 2.24) is 0 Å². The van der Waals surface area contributed by atoms with E-state index < -0.39 is 16.1 Å². The van der Waals surface area contributed by atoms with E-state index in [4.69, 9.17) is 30.9 Å². The smallest absolute Gasteiger partial charge is 0.141 e. The van der Waals surface area contributed by atoms with Crippen LogP contribution in [0.5, 0.6) is 23.0 Å². The second kappa shape index (κ2) is 25.0. The van der Waals surface area contributed by atoms with Gasteiger partial charge in [0, 0.05) is 5.50 Å². The molecule has 0 fully saturated rings. The molecule has 0 bridgehead atoms. The summed E-state index contributed by atoms with van der Waals surface area (Å²) in [6.45, 7) is 12.4. The number of ether oxygens (including phenoxy) is 3. The number of hydrogen-bond acceptors (Lipinski definition) is 4. The molecule has 0 saturated carbocycles. The minimum atomic E-state index is -1.84. The molecule has 4 nitrogen and oxygen atoms in total. The molecule has 0 aliphatic rings. The average molecular weight is 1260 g/mol. The maximum Gasteiger partial charge on any atom is 0.141 e. The Morgan fingerprint density at radius 2 is 0.944 bits per heavy atom. The van der Waals surface area contributed by atoms with Crippen LogP contribution in [0, 0.1) is 51.4 Å². The maximum atomic E-state index is 13.5. The molecule has 0 amide bonds. The molecule has 300 valence electrons. The molecule has 54 heavy (non-hydrogen) atoms. The first-order valence-electron chi connectivity index (χ1n) is 16.9. The molecule has 15 heteroatoms. The summed E-state index contributed by atoms with van der Waals surface area (Å²) >= 11 is 14.3. The third kappa shape index (κ3) is 16.0. The Kier molecular flexibility index (Phi) is 23.9. The number of aryl methyl sites for hydroxylation is 2. The SMILES string of the molecule is C.CC[Si](CC)(CCl)COc1c(C)cc(F)cc1I.CC[Si](CC)(COc1ccc(F)cc1I)COc1c(C)cc(F)cc1I.Oc1ccc(F)cc1I. The van der Waals surface area contributed by atoms with Crippen molar-refractivity contribution in [1.29, 1.82) is 0 Å². The number of hydrogen-bond donors (Lipinski definition) is 1. The van der Waals surface area contributed by atoms with Gasteiger partial charge in [-0.2, -0.15) is 0 Å². The largest absolute Gasteiger partial charge is 0.507 e. The first kappa shape index (κ1) is 51.5. The fraction of sp³-hybridized carbons (Fsp3) is 0.385. The Morgan fingerprint density at radius 3 is 1.31 bits per heavy atom. The van der Waals surface area contributed by atoms with Gasteiger partial charge < -0.3 is 19.3 Å². The lowest BCUT2D eigenvalue weighted by atomic mass is 10.2. The molecule has 0 unspecified atom stereocenters. The average Bonchev–Trinajstić information content (AvgIpc) is 3.10. The second-order valence-electron chi connectivity index (χ2n) is 12.7. The predicted molar refractivity (Wildman–Crippen MR) is 255 cm³/mol. The van der Waals surface area contributed by atoms with Gasteiger partial charge in [-0.1, -0.05) is 59.3 Å². The molecule has 0 aliphatic heterocycles. The summed E-state index contributed by atoms with van der Waals surface area (Å²) < 4.78 is 73.3. The normalized spacial score (nSPS) is 11.0. The van der Waals surface area contributed by atoms with Crippen LogP contribution in [0.25, 0.3) is 0 Å². The van der Waals surface area contributed by atoms with Crippen molar-refractivity contribution in [3.8, 4) is 23.0 Å². The number of phenolic OH excluding ortho intramolecular Hbond substituents is 1. The third-order valence-corrected chi connectivity index (χ3v) is 22.9. The fourth-order valence-corrected chi connectivity index (χ4v) is 13.2. The highest BCUT2D eigenvalue weighted by atomic mass is 127. The van der Waals surface area contributed by atoms with Crippen LogP contribution in [0.4, 0.5) is 17.6 Å². The molecule has 4 rings (SSSR count). The molecular formula is C39H49ClF4I4O4Si2. The van der Waals surface area contributed by atoms with Crippen LogP contribution >= 0.6 is 102 Å². The van der Waals surface area contributed by atoms with Gasteiger partial charge in [-0.25, -0.2) is 17.6 Å². The lowest BCUT2D eigenvalue weighted by molar-refractivity contribution is 0.336. The minimum Gasteiger partial charge on any atom is -0.507 e. The van der Waals surface area contributed by atoms with Crippen LogP contribution in [0.2, 0.25) is 24.2 Å². The van der Waals surface area contributed by atoms with Crippen molar-refractivity contribution in [3.05, 3.63) is 109 Å². The van der Waals surface area contributed by atoms with E-state index in [1.54, 1.807) is 6.07 Å². The van der Waals surface area contributed by atoms with Gasteiger partial charge >= 0.3 is 0 Å². The van der Waals surface area contributed by atoms with Gasteiger partial charge in [0.1, 0.15) is 62.4 Å². The summed E-state index contributed by atoms with van der Waals surface area (Å²) in [7, 11) is -3.36. The highest BCUT2D eigenvalue weighted by Gasteiger charge is 2.33. The lowest BCUT2D eigenvalue weighted by Crippen LogP contribution is -2.47. The maximum absolute atomic E-state index is 13.5. The zero-order valence-corrected chi connectivity index (χ0v) is 41.9. The second-order valence-corrected chi connectivity index (χ2v) is 28.1. The van der Waals surface area contributed by atoms with Crippen LogP contribution in [0.1, 0.15) is 46.2 Å². The molecular weight excluding hydrogens is 1210 g/mol. The van der Waals surface area contributed by atoms with Gasteiger partial charge in [0.05, 0.1) is 33.0 Å². The summed E-state index contributed by atoms with van der Waals surface area (Å²) in [6.07, 6.45) is 1.94. The van der Waals surface area contributed by atoms with Crippen molar-refractivity contribution in [2.24, 2.45) is 0 Å². The zero-order valence-electron chi connectivity index (χ0n) is 30.5. The number of rotatable bonds is 14. The Hall–Kier alpha value is -0.556. The van der Waals surface area contributed by atoms with Crippen LogP contribution in [0.3, 0.4) is 0 Å². The zero-order chi connectivity index (χ0) is 39.9. The molecule has 0 heterocycles.